The summed E-state index contributed by atoms with van der Waals surface area (Å²) in [6.07, 6.45) is 2.75. The van der Waals surface area contributed by atoms with Gasteiger partial charge in [-0.15, -0.1) is 0 Å². The summed E-state index contributed by atoms with van der Waals surface area (Å²) in [5, 5.41) is 3.22. The molecule has 1 N–H and O–H groups in total. The first-order chi connectivity index (χ1) is 4.38. The third-order valence-electron chi connectivity index (χ3n) is 2.02. The predicted octanol–water partition coefficient (Wildman–Crippen LogP) is 0.525. The Bertz CT molecular complexity index is 138. The van der Waals surface area contributed by atoms with Crippen molar-refractivity contribution in [3.63, 3.8) is 0 Å². The Morgan fingerprint density at radius 1 is 1.56 bits per heavy atom. The molecule has 2 fully saturated rings. The van der Waals surface area contributed by atoms with E-state index in [0.717, 1.165) is 18.4 Å². The van der Waals surface area contributed by atoms with E-state index in [0.29, 0.717) is 0 Å². The van der Waals surface area contributed by atoms with E-state index in [2.05, 4.69) is 16.8 Å². The Morgan fingerprint density at radius 2 is 2.33 bits per heavy atom. The number of hydrogen-bond donors (Lipinski definition) is 1. The first-order valence-corrected chi connectivity index (χ1v) is 3.57. The molecule has 1 saturated heterocycles. The van der Waals surface area contributed by atoms with Crippen molar-refractivity contribution in [2.45, 2.75) is 18.9 Å². The molecule has 9 heavy (non-hydrogen) atoms. The van der Waals surface area contributed by atoms with Crippen LogP contribution in [0.3, 0.4) is 0 Å². The van der Waals surface area contributed by atoms with E-state index >= 15 is 0 Å². The summed E-state index contributed by atoms with van der Waals surface area (Å²) in [7, 11) is 0. The maximum Gasteiger partial charge on any atom is 0.0942 e. The van der Waals surface area contributed by atoms with Crippen molar-refractivity contribution in [2.75, 3.05) is 13.1 Å². The molecule has 0 aromatic rings. The highest BCUT2D eigenvalue weighted by molar-refractivity contribution is 5.04. The van der Waals surface area contributed by atoms with Gasteiger partial charge in [-0.25, -0.2) is 0 Å². The second-order valence-electron chi connectivity index (χ2n) is 2.80. The maximum absolute atomic E-state index is 3.91. The van der Waals surface area contributed by atoms with Gasteiger partial charge in [0.25, 0.3) is 0 Å². The fraction of sp³-hybridized carbons (Fsp3) is 0.714. The molecule has 50 valence electrons. The molecule has 0 unspecified atom stereocenters. The molecular formula is C7H12N2. The van der Waals surface area contributed by atoms with Gasteiger partial charge in [0, 0.05) is 19.1 Å². The highest BCUT2D eigenvalue weighted by Crippen LogP contribution is 2.29. The van der Waals surface area contributed by atoms with E-state index < -0.39 is 0 Å². The molecule has 0 amide bonds. The number of nitrogens with zero attached hydrogens (tertiary/aromatic N) is 1. The van der Waals surface area contributed by atoms with Gasteiger partial charge < -0.3 is 10.2 Å². The van der Waals surface area contributed by atoms with Crippen molar-refractivity contribution >= 4 is 0 Å². The van der Waals surface area contributed by atoms with Crippen LogP contribution in [-0.2, 0) is 0 Å². The van der Waals surface area contributed by atoms with Gasteiger partial charge in [-0.2, -0.15) is 0 Å². The van der Waals surface area contributed by atoms with Gasteiger partial charge in [0.15, 0.2) is 0 Å². The zero-order valence-electron chi connectivity index (χ0n) is 5.56. The summed E-state index contributed by atoms with van der Waals surface area (Å²) >= 11 is 0. The molecule has 0 aromatic heterocycles. The lowest BCUT2D eigenvalue weighted by Crippen LogP contribution is -2.21. The Labute approximate surface area is 55.5 Å². The van der Waals surface area contributed by atoms with Crippen molar-refractivity contribution in [1.29, 1.82) is 0 Å². The summed E-state index contributed by atoms with van der Waals surface area (Å²) in [5.74, 6) is 1.14. The Kier molecular flexibility index (Phi) is 0.949. The van der Waals surface area contributed by atoms with Crippen LogP contribution in [0.1, 0.15) is 12.8 Å². The van der Waals surface area contributed by atoms with E-state index in [4.69, 9.17) is 0 Å². The van der Waals surface area contributed by atoms with Crippen LogP contribution in [0.2, 0.25) is 0 Å². The number of rotatable bonds is 1. The van der Waals surface area contributed by atoms with E-state index in [1.54, 1.807) is 0 Å². The Balaban J connectivity index is 2.01. The Morgan fingerprint density at radius 3 is 2.78 bits per heavy atom. The first-order valence-electron chi connectivity index (χ1n) is 3.57. The van der Waals surface area contributed by atoms with Gasteiger partial charge in [0.05, 0.1) is 5.82 Å². The zero-order valence-corrected chi connectivity index (χ0v) is 5.56. The summed E-state index contributed by atoms with van der Waals surface area (Å²) in [4.78, 5) is 2.38. The van der Waals surface area contributed by atoms with Crippen LogP contribution in [-0.4, -0.2) is 24.0 Å². The van der Waals surface area contributed by atoms with Crippen LogP contribution >= 0.6 is 0 Å². The predicted molar refractivity (Wildman–Crippen MR) is 36.9 cm³/mol. The van der Waals surface area contributed by atoms with Crippen molar-refractivity contribution in [3.8, 4) is 0 Å². The molecule has 2 nitrogen and oxygen atoms in total. The molecule has 0 aromatic carbocycles. The lowest BCUT2D eigenvalue weighted by Gasteiger charge is -2.15. The molecule has 0 bridgehead atoms. The fourth-order valence-corrected chi connectivity index (χ4v) is 1.35. The van der Waals surface area contributed by atoms with Crippen molar-refractivity contribution < 1.29 is 0 Å². The highest BCUT2D eigenvalue weighted by Gasteiger charge is 2.31. The van der Waals surface area contributed by atoms with Crippen LogP contribution < -0.4 is 5.32 Å². The number of hydrogen-bond acceptors (Lipinski definition) is 2. The van der Waals surface area contributed by atoms with Crippen LogP contribution in [0.25, 0.3) is 0 Å². The van der Waals surface area contributed by atoms with Crippen LogP contribution in [0.5, 0.6) is 0 Å². The summed E-state index contributed by atoms with van der Waals surface area (Å²) < 4.78 is 0. The smallest absolute Gasteiger partial charge is 0.0942 e. The Hall–Kier alpha value is -0.660. The molecule has 1 saturated carbocycles. The minimum absolute atomic E-state index is 0.840. The molecule has 0 atom stereocenters. The second kappa shape index (κ2) is 1.66. The normalized spacial score (nSPS) is 26.7. The van der Waals surface area contributed by atoms with Crippen molar-refractivity contribution in [1.82, 2.24) is 10.2 Å². The van der Waals surface area contributed by atoms with E-state index in [1.807, 2.05) is 0 Å². The largest absolute Gasteiger partial charge is 0.370 e. The minimum Gasteiger partial charge on any atom is -0.370 e. The molecule has 2 aliphatic rings. The highest BCUT2D eigenvalue weighted by atomic mass is 15.3. The summed E-state index contributed by atoms with van der Waals surface area (Å²) in [6.45, 7) is 6.17. The van der Waals surface area contributed by atoms with Gasteiger partial charge in [0.1, 0.15) is 0 Å². The lowest BCUT2D eigenvalue weighted by atomic mass is 10.5. The zero-order chi connectivity index (χ0) is 6.27. The van der Waals surface area contributed by atoms with Gasteiger partial charge in [-0.05, 0) is 12.8 Å². The fourth-order valence-electron chi connectivity index (χ4n) is 1.35. The molecule has 1 aliphatic heterocycles. The second-order valence-corrected chi connectivity index (χ2v) is 2.80. The molecule has 1 heterocycles. The van der Waals surface area contributed by atoms with Crippen LogP contribution in [0, 0.1) is 0 Å². The summed E-state index contributed by atoms with van der Waals surface area (Å²) in [6, 6.07) is 0.840. The van der Waals surface area contributed by atoms with Crippen LogP contribution in [0.4, 0.5) is 0 Å². The van der Waals surface area contributed by atoms with E-state index in [9.17, 15) is 0 Å². The maximum atomic E-state index is 3.91. The molecule has 0 radical (unpaired) electrons. The number of nitrogens with one attached hydrogen (secondary N) is 1. The quantitative estimate of drug-likeness (QED) is 0.548. The summed E-state index contributed by atoms with van der Waals surface area (Å²) in [5.41, 5.74) is 0. The van der Waals surface area contributed by atoms with E-state index in [-0.39, 0.29) is 0 Å². The van der Waals surface area contributed by atoms with Crippen molar-refractivity contribution in [2.24, 2.45) is 0 Å². The standard InChI is InChI=1S/C7H12N2/c1-6-8-4-5-9(6)7-2-3-7/h7-8H,1-5H2. The third-order valence-corrected chi connectivity index (χ3v) is 2.02. The molecule has 0 spiro atoms. The minimum atomic E-state index is 0.840. The van der Waals surface area contributed by atoms with Gasteiger partial charge >= 0.3 is 0 Å². The lowest BCUT2D eigenvalue weighted by molar-refractivity contribution is 0.387. The van der Waals surface area contributed by atoms with Gasteiger partial charge in [0.2, 0.25) is 0 Å². The monoisotopic (exact) mass is 124 g/mol. The van der Waals surface area contributed by atoms with Crippen molar-refractivity contribution in [3.05, 3.63) is 12.4 Å². The van der Waals surface area contributed by atoms with Gasteiger partial charge in [-0.1, -0.05) is 6.58 Å². The molecule has 2 rings (SSSR count). The average Bonchev–Trinajstić information content (AvgIpc) is 2.58. The SMILES string of the molecule is C=C1NCCN1C1CC1. The first kappa shape index (κ1) is 5.15. The topological polar surface area (TPSA) is 15.3 Å². The van der Waals surface area contributed by atoms with Gasteiger partial charge in [-0.3, -0.25) is 0 Å². The molecule has 1 aliphatic carbocycles. The van der Waals surface area contributed by atoms with Crippen LogP contribution in [0.15, 0.2) is 12.4 Å². The average molecular weight is 124 g/mol. The molecular weight excluding hydrogens is 112 g/mol. The third kappa shape index (κ3) is 0.784. The van der Waals surface area contributed by atoms with E-state index in [1.165, 1.54) is 19.4 Å². The molecule has 2 heteroatoms.